The van der Waals surface area contributed by atoms with E-state index in [0.29, 0.717) is 23.8 Å². The van der Waals surface area contributed by atoms with Crippen molar-refractivity contribution >= 4 is 9.84 Å². The summed E-state index contributed by atoms with van der Waals surface area (Å²) in [6.45, 7) is 2.51. The highest BCUT2D eigenvalue weighted by Crippen LogP contribution is 2.30. The maximum absolute atomic E-state index is 11.8. The first-order chi connectivity index (χ1) is 9.97. The molecule has 1 aromatic carbocycles. The Bertz CT molecular complexity index is 585. The van der Waals surface area contributed by atoms with Crippen LogP contribution in [0.3, 0.4) is 0 Å². The van der Waals surface area contributed by atoms with Crippen molar-refractivity contribution in [1.82, 2.24) is 5.32 Å². The van der Waals surface area contributed by atoms with Crippen molar-refractivity contribution in [1.29, 1.82) is 0 Å². The number of hydrogen-bond donors (Lipinski definition) is 1. The van der Waals surface area contributed by atoms with E-state index in [0.717, 1.165) is 18.4 Å². The first-order valence-electron chi connectivity index (χ1n) is 7.15. The first-order valence-corrected chi connectivity index (χ1v) is 8.86. The van der Waals surface area contributed by atoms with Crippen LogP contribution in [0.15, 0.2) is 18.2 Å². The van der Waals surface area contributed by atoms with Crippen LogP contribution >= 0.6 is 0 Å². The van der Waals surface area contributed by atoms with Gasteiger partial charge in [0.25, 0.3) is 0 Å². The molecule has 0 aliphatic carbocycles. The molecule has 5 nitrogen and oxygen atoms in total. The predicted octanol–water partition coefficient (Wildman–Crippen LogP) is 1.93. The lowest BCUT2D eigenvalue weighted by molar-refractivity contribution is 0.354. The van der Waals surface area contributed by atoms with Crippen LogP contribution in [0.4, 0.5) is 0 Å². The molecule has 6 heteroatoms. The van der Waals surface area contributed by atoms with Crippen LogP contribution in [0.5, 0.6) is 11.5 Å². The van der Waals surface area contributed by atoms with Gasteiger partial charge in [-0.15, -0.1) is 0 Å². The molecule has 1 fully saturated rings. The summed E-state index contributed by atoms with van der Waals surface area (Å²) in [4.78, 5) is 0. The Morgan fingerprint density at radius 2 is 2.00 bits per heavy atom. The van der Waals surface area contributed by atoms with Crippen molar-refractivity contribution in [2.75, 3.05) is 26.5 Å². The number of benzene rings is 1. The molecule has 1 aliphatic rings. The maximum Gasteiger partial charge on any atom is 0.161 e. The monoisotopic (exact) mass is 313 g/mol. The number of ether oxygens (including phenoxy) is 2. The van der Waals surface area contributed by atoms with Gasteiger partial charge in [0.1, 0.15) is 0 Å². The van der Waals surface area contributed by atoms with Crippen molar-refractivity contribution in [2.45, 2.75) is 31.1 Å². The minimum Gasteiger partial charge on any atom is -0.493 e. The highest BCUT2D eigenvalue weighted by atomic mass is 32.2. The molecule has 21 heavy (non-hydrogen) atoms. The van der Waals surface area contributed by atoms with E-state index in [-0.39, 0.29) is 11.3 Å². The van der Waals surface area contributed by atoms with Gasteiger partial charge >= 0.3 is 0 Å². The predicted molar refractivity (Wildman–Crippen MR) is 82.8 cm³/mol. The van der Waals surface area contributed by atoms with Crippen LogP contribution < -0.4 is 14.8 Å². The van der Waals surface area contributed by atoms with E-state index in [1.807, 2.05) is 25.1 Å². The molecule has 2 unspecified atom stereocenters. The van der Waals surface area contributed by atoms with Gasteiger partial charge in [0.05, 0.1) is 25.2 Å². The van der Waals surface area contributed by atoms with Gasteiger partial charge in [-0.1, -0.05) is 6.07 Å². The van der Waals surface area contributed by atoms with Crippen LogP contribution in [0.2, 0.25) is 0 Å². The normalized spacial score (nSPS) is 22.0. The zero-order valence-corrected chi connectivity index (χ0v) is 13.6. The largest absolute Gasteiger partial charge is 0.493 e. The molecule has 0 spiro atoms. The molecule has 1 heterocycles. The highest BCUT2D eigenvalue weighted by Gasteiger charge is 2.31. The topological polar surface area (TPSA) is 64.6 Å². The van der Waals surface area contributed by atoms with Crippen molar-refractivity contribution < 1.29 is 17.9 Å². The molecule has 1 saturated heterocycles. The molecule has 0 amide bonds. The first kappa shape index (κ1) is 16.1. The zero-order chi connectivity index (χ0) is 15.5. The van der Waals surface area contributed by atoms with Crippen molar-refractivity contribution in [3.63, 3.8) is 0 Å². The molecule has 1 aliphatic heterocycles. The third-order valence-corrected chi connectivity index (χ3v) is 6.30. The summed E-state index contributed by atoms with van der Waals surface area (Å²) in [6.07, 6.45) is 1.54. The molecule has 0 radical (unpaired) electrons. The fourth-order valence-corrected chi connectivity index (χ4v) is 4.41. The summed E-state index contributed by atoms with van der Waals surface area (Å²) in [5.41, 5.74) is 1.04. The number of hydrogen-bond acceptors (Lipinski definition) is 5. The summed E-state index contributed by atoms with van der Waals surface area (Å²) in [6, 6.07) is 5.79. The van der Waals surface area contributed by atoms with Crippen LogP contribution in [-0.2, 0) is 9.84 Å². The fraction of sp³-hybridized carbons (Fsp3) is 0.600. The Kier molecular flexibility index (Phi) is 5.11. The van der Waals surface area contributed by atoms with E-state index in [1.165, 1.54) is 0 Å². The lowest BCUT2D eigenvalue weighted by Gasteiger charge is -2.18. The maximum atomic E-state index is 11.8. The van der Waals surface area contributed by atoms with Crippen LogP contribution in [-0.4, -0.2) is 40.2 Å². The smallest absolute Gasteiger partial charge is 0.161 e. The third kappa shape index (κ3) is 3.68. The van der Waals surface area contributed by atoms with E-state index in [2.05, 4.69) is 5.32 Å². The van der Waals surface area contributed by atoms with Crippen molar-refractivity contribution in [3.8, 4) is 11.5 Å². The van der Waals surface area contributed by atoms with Gasteiger partial charge in [-0.3, -0.25) is 0 Å². The summed E-state index contributed by atoms with van der Waals surface area (Å²) < 4.78 is 34.1. The van der Waals surface area contributed by atoms with E-state index < -0.39 is 9.84 Å². The summed E-state index contributed by atoms with van der Waals surface area (Å²) in [5, 5.41) is 3.06. The zero-order valence-electron chi connectivity index (χ0n) is 12.8. The van der Waals surface area contributed by atoms with E-state index >= 15 is 0 Å². The second kappa shape index (κ2) is 6.66. The van der Waals surface area contributed by atoms with Gasteiger partial charge in [0.15, 0.2) is 21.3 Å². The summed E-state index contributed by atoms with van der Waals surface area (Å²) in [5.74, 6) is 1.69. The number of sulfone groups is 1. The van der Waals surface area contributed by atoms with Crippen LogP contribution in [0.1, 0.15) is 31.4 Å². The average molecular weight is 313 g/mol. The molecule has 1 aromatic rings. The van der Waals surface area contributed by atoms with Gasteiger partial charge in [0.2, 0.25) is 0 Å². The molecule has 0 aromatic heterocycles. The average Bonchev–Trinajstić information content (AvgIpc) is 2.82. The van der Waals surface area contributed by atoms with E-state index in [9.17, 15) is 8.42 Å². The number of rotatable bonds is 6. The van der Waals surface area contributed by atoms with Gasteiger partial charge in [-0.2, -0.15) is 0 Å². The second-order valence-corrected chi connectivity index (χ2v) is 7.78. The lowest BCUT2D eigenvalue weighted by Crippen LogP contribution is -2.32. The Hall–Kier alpha value is -1.27. The summed E-state index contributed by atoms with van der Waals surface area (Å²) in [7, 11) is 0.308. The molecule has 1 N–H and O–H groups in total. The Morgan fingerprint density at radius 3 is 2.57 bits per heavy atom. The number of methoxy groups -OCH3 is 2. The van der Waals surface area contributed by atoms with Gasteiger partial charge in [-0.05, 0) is 37.5 Å². The molecule has 2 rings (SSSR count). The number of nitrogens with one attached hydrogen (secondary N) is 1. The molecular formula is C15H23NO4S. The van der Waals surface area contributed by atoms with Crippen molar-refractivity contribution in [2.24, 2.45) is 0 Å². The molecule has 0 saturated carbocycles. The van der Waals surface area contributed by atoms with Gasteiger partial charge in [-0.25, -0.2) is 8.42 Å². The van der Waals surface area contributed by atoms with Gasteiger partial charge in [0, 0.05) is 12.6 Å². The van der Waals surface area contributed by atoms with E-state index in [1.54, 1.807) is 14.2 Å². The fourth-order valence-electron chi connectivity index (χ4n) is 2.64. The lowest BCUT2D eigenvalue weighted by atomic mass is 10.1. The van der Waals surface area contributed by atoms with Crippen LogP contribution in [0.25, 0.3) is 0 Å². The Balaban J connectivity index is 2.02. The second-order valence-electron chi connectivity index (χ2n) is 5.38. The standard InChI is InChI=1S/C15H23NO4S/c1-11(16-10-13-5-4-8-21(13,17)18)12-6-7-14(19-2)15(9-12)20-3/h6-7,9,11,13,16H,4-5,8,10H2,1-3H3. The molecule has 2 atom stereocenters. The van der Waals surface area contributed by atoms with Gasteiger partial charge < -0.3 is 14.8 Å². The highest BCUT2D eigenvalue weighted by molar-refractivity contribution is 7.92. The Morgan fingerprint density at radius 1 is 1.29 bits per heavy atom. The molecular weight excluding hydrogens is 290 g/mol. The van der Waals surface area contributed by atoms with E-state index in [4.69, 9.17) is 9.47 Å². The van der Waals surface area contributed by atoms with Crippen molar-refractivity contribution in [3.05, 3.63) is 23.8 Å². The third-order valence-electron chi connectivity index (χ3n) is 4.02. The Labute approximate surface area is 126 Å². The summed E-state index contributed by atoms with van der Waals surface area (Å²) >= 11 is 0. The molecule has 0 bridgehead atoms. The SMILES string of the molecule is COc1ccc(C(C)NCC2CCCS2(=O)=O)cc1OC. The minimum atomic E-state index is -2.90. The minimum absolute atomic E-state index is 0.0561. The molecule has 118 valence electrons. The van der Waals surface area contributed by atoms with Crippen LogP contribution in [0, 0.1) is 0 Å². The quantitative estimate of drug-likeness (QED) is 0.869.